The van der Waals surface area contributed by atoms with Crippen molar-refractivity contribution in [3.63, 3.8) is 0 Å². The second-order valence-electron chi connectivity index (χ2n) is 5.90. The van der Waals surface area contributed by atoms with Crippen LogP contribution >= 0.6 is 34.5 Å². The maximum atomic E-state index is 11.6. The molecule has 2 heterocycles. The summed E-state index contributed by atoms with van der Waals surface area (Å²) in [5.41, 5.74) is 7.42. The molecule has 134 valence electrons. The van der Waals surface area contributed by atoms with Gasteiger partial charge in [-0.1, -0.05) is 43.1 Å². The molecular formula is C18H16Cl2N4OS. The van der Waals surface area contributed by atoms with E-state index in [1.807, 2.05) is 6.07 Å². The zero-order chi connectivity index (χ0) is 18.8. The number of pyridine rings is 1. The normalized spacial score (nSPS) is 11.0. The fraction of sp³-hybridized carbons (Fsp3) is 0.167. The van der Waals surface area contributed by atoms with Gasteiger partial charge >= 0.3 is 0 Å². The van der Waals surface area contributed by atoms with Crippen LogP contribution in [0.4, 0.5) is 10.9 Å². The number of carbonyl (C=O) groups is 1. The number of primary amides is 1. The second kappa shape index (κ2) is 7.61. The van der Waals surface area contributed by atoms with Crippen LogP contribution in [0.3, 0.4) is 0 Å². The van der Waals surface area contributed by atoms with Crippen molar-refractivity contribution in [1.29, 1.82) is 0 Å². The Balaban J connectivity index is 2.03. The highest BCUT2D eigenvalue weighted by molar-refractivity contribution is 7.16. The van der Waals surface area contributed by atoms with Gasteiger partial charge in [-0.2, -0.15) is 0 Å². The largest absolute Gasteiger partial charge is 0.365 e. The van der Waals surface area contributed by atoms with Gasteiger partial charge in [-0.3, -0.25) is 4.79 Å². The van der Waals surface area contributed by atoms with Gasteiger partial charge in [-0.25, -0.2) is 9.97 Å². The molecule has 0 aliphatic heterocycles. The molecule has 0 radical (unpaired) electrons. The molecule has 0 unspecified atom stereocenters. The highest BCUT2D eigenvalue weighted by atomic mass is 35.5. The summed E-state index contributed by atoms with van der Waals surface area (Å²) in [5, 5.41) is 4.69. The second-order valence-corrected chi connectivity index (χ2v) is 7.75. The Hall–Kier alpha value is -2.15. The fourth-order valence-corrected chi connectivity index (χ4v) is 3.72. The topological polar surface area (TPSA) is 80.9 Å². The molecule has 0 fully saturated rings. The average Bonchev–Trinajstić information content (AvgIpc) is 3.02. The molecule has 0 aliphatic rings. The lowest BCUT2D eigenvalue weighted by molar-refractivity contribution is 0.100. The van der Waals surface area contributed by atoms with E-state index in [1.165, 1.54) is 11.3 Å². The first-order valence-electron chi connectivity index (χ1n) is 7.84. The molecule has 5 nitrogen and oxygen atoms in total. The highest BCUT2D eigenvalue weighted by Crippen LogP contribution is 2.39. The Kier molecular flexibility index (Phi) is 5.46. The van der Waals surface area contributed by atoms with Crippen LogP contribution in [-0.2, 0) is 0 Å². The van der Waals surface area contributed by atoms with Crippen molar-refractivity contribution in [2.75, 3.05) is 5.32 Å². The molecule has 0 aliphatic carbocycles. The number of nitrogens with two attached hydrogens (primary N) is 1. The van der Waals surface area contributed by atoms with Gasteiger partial charge in [0.2, 0.25) is 0 Å². The Morgan fingerprint density at radius 1 is 1.23 bits per heavy atom. The molecule has 3 aromatic rings. The summed E-state index contributed by atoms with van der Waals surface area (Å²) in [5.74, 6) is 0.0857. The molecule has 1 aromatic carbocycles. The van der Waals surface area contributed by atoms with Gasteiger partial charge in [0.15, 0.2) is 5.13 Å². The van der Waals surface area contributed by atoms with Crippen molar-refractivity contribution in [3.05, 3.63) is 57.0 Å². The lowest BCUT2D eigenvalue weighted by Gasteiger charge is -2.06. The number of amides is 1. The van der Waals surface area contributed by atoms with Crippen LogP contribution in [0.1, 0.15) is 35.0 Å². The van der Waals surface area contributed by atoms with Gasteiger partial charge in [0.05, 0.1) is 21.3 Å². The number of carbonyl (C=O) groups excluding carboxylic acids is 1. The van der Waals surface area contributed by atoms with Gasteiger partial charge in [-0.05, 0) is 30.2 Å². The molecule has 8 heteroatoms. The smallest absolute Gasteiger partial charge is 0.252 e. The third-order valence-corrected chi connectivity index (χ3v) is 5.68. The molecule has 0 saturated carbocycles. The molecule has 0 spiro atoms. The number of benzene rings is 1. The van der Waals surface area contributed by atoms with Crippen molar-refractivity contribution >= 4 is 51.4 Å². The standard InChI is InChI=1S/C18H16Cl2N4OS/c1-9(2)15-14(10-5-6-12(19)13(20)8-10)23-18(26-15)24-17-11(16(21)25)4-3-7-22-17/h3-9H,1-2H3,(H2,21,25)(H,22,23,24). The van der Waals surface area contributed by atoms with Crippen LogP contribution < -0.4 is 11.1 Å². The van der Waals surface area contributed by atoms with E-state index in [9.17, 15) is 4.79 Å². The quantitative estimate of drug-likeness (QED) is 0.587. The lowest BCUT2D eigenvalue weighted by atomic mass is 10.1. The van der Waals surface area contributed by atoms with Crippen LogP contribution in [0.2, 0.25) is 10.0 Å². The van der Waals surface area contributed by atoms with E-state index in [2.05, 4.69) is 29.1 Å². The van der Waals surface area contributed by atoms with Crippen LogP contribution in [0, 0.1) is 0 Å². The summed E-state index contributed by atoms with van der Waals surface area (Å²) in [6.45, 7) is 4.18. The van der Waals surface area contributed by atoms with E-state index in [1.54, 1.807) is 30.5 Å². The monoisotopic (exact) mass is 406 g/mol. The van der Waals surface area contributed by atoms with E-state index in [-0.39, 0.29) is 5.92 Å². The van der Waals surface area contributed by atoms with E-state index in [0.29, 0.717) is 26.6 Å². The van der Waals surface area contributed by atoms with Gasteiger partial charge in [-0.15, -0.1) is 11.3 Å². The van der Waals surface area contributed by atoms with Crippen molar-refractivity contribution in [1.82, 2.24) is 9.97 Å². The Labute approximate surface area is 165 Å². The molecule has 26 heavy (non-hydrogen) atoms. The molecule has 1 amide bonds. The predicted molar refractivity (Wildman–Crippen MR) is 108 cm³/mol. The van der Waals surface area contributed by atoms with Crippen LogP contribution in [0.15, 0.2) is 36.5 Å². The average molecular weight is 407 g/mol. The van der Waals surface area contributed by atoms with Crippen molar-refractivity contribution in [3.8, 4) is 11.3 Å². The van der Waals surface area contributed by atoms with Gasteiger partial charge in [0.1, 0.15) is 5.82 Å². The van der Waals surface area contributed by atoms with Crippen LogP contribution in [0.25, 0.3) is 11.3 Å². The number of thiazole rings is 1. The fourth-order valence-electron chi connectivity index (χ4n) is 2.43. The summed E-state index contributed by atoms with van der Waals surface area (Å²) >= 11 is 13.7. The van der Waals surface area contributed by atoms with E-state index in [4.69, 9.17) is 28.9 Å². The highest BCUT2D eigenvalue weighted by Gasteiger charge is 2.18. The molecule has 0 saturated heterocycles. The molecule has 0 bridgehead atoms. The van der Waals surface area contributed by atoms with Crippen molar-refractivity contribution in [2.24, 2.45) is 5.73 Å². The van der Waals surface area contributed by atoms with Gasteiger partial charge in [0.25, 0.3) is 5.91 Å². The number of anilines is 2. The van der Waals surface area contributed by atoms with Crippen LogP contribution in [-0.4, -0.2) is 15.9 Å². The first kappa shape index (κ1) is 18.6. The summed E-state index contributed by atoms with van der Waals surface area (Å²) < 4.78 is 0. The van der Waals surface area contributed by atoms with E-state index in [0.717, 1.165) is 16.1 Å². The number of nitrogens with one attached hydrogen (secondary N) is 1. The maximum Gasteiger partial charge on any atom is 0.252 e. The molecule has 3 N–H and O–H groups in total. The predicted octanol–water partition coefficient (Wildman–Crippen LogP) is 5.48. The number of rotatable bonds is 5. The number of halogens is 2. The van der Waals surface area contributed by atoms with Gasteiger partial charge < -0.3 is 11.1 Å². The van der Waals surface area contributed by atoms with Crippen molar-refractivity contribution in [2.45, 2.75) is 19.8 Å². The lowest BCUT2D eigenvalue weighted by Crippen LogP contribution is -2.13. The minimum Gasteiger partial charge on any atom is -0.365 e. The van der Waals surface area contributed by atoms with Gasteiger partial charge in [0, 0.05) is 16.6 Å². The zero-order valence-corrected chi connectivity index (χ0v) is 16.4. The van der Waals surface area contributed by atoms with E-state index >= 15 is 0 Å². The molecular weight excluding hydrogens is 391 g/mol. The number of nitrogens with zero attached hydrogens (tertiary/aromatic N) is 2. The Bertz CT molecular complexity index is 972. The Morgan fingerprint density at radius 3 is 2.65 bits per heavy atom. The number of aromatic nitrogens is 2. The zero-order valence-electron chi connectivity index (χ0n) is 14.1. The minimum absolute atomic E-state index is 0.256. The first-order chi connectivity index (χ1) is 12.4. The van der Waals surface area contributed by atoms with Crippen LogP contribution in [0.5, 0.6) is 0 Å². The maximum absolute atomic E-state index is 11.6. The van der Waals surface area contributed by atoms with Crippen molar-refractivity contribution < 1.29 is 4.79 Å². The third kappa shape index (κ3) is 3.82. The Morgan fingerprint density at radius 2 is 2.00 bits per heavy atom. The number of hydrogen-bond donors (Lipinski definition) is 2. The summed E-state index contributed by atoms with van der Waals surface area (Å²) in [6.07, 6.45) is 1.59. The van der Waals surface area contributed by atoms with E-state index < -0.39 is 5.91 Å². The number of hydrogen-bond acceptors (Lipinski definition) is 5. The summed E-state index contributed by atoms with van der Waals surface area (Å²) in [6, 6.07) is 8.71. The SMILES string of the molecule is CC(C)c1sc(Nc2ncccc2C(N)=O)nc1-c1ccc(Cl)c(Cl)c1. The summed E-state index contributed by atoms with van der Waals surface area (Å²) in [7, 11) is 0. The molecule has 3 rings (SSSR count). The third-order valence-electron chi connectivity index (χ3n) is 3.67. The first-order valence-corrected chi connectivity index (χ1v) is 9.42. The molecule has 2 aromatic heterocycles. The minimum atomic E-state index is -0.550. The molecule has 0 atom stereocenters. The summed E-state index contributed by atoms with van der Waals surface area (Å²) in [4.78, 5) is 21.5.